The maximum Gasteiger partial charge on any atom is 0.279 e. The van der Waals surface area contributed by atoms with Gasteiger partial charge in [-0.15, -0.1) is 0 Å². The Labute approximate surface area is 183 Å². The third-order valence-corrected chi connectivity index (χ3v) is 5.07. The van der Waals surface area contributed by atoms with E-state index < -0.39 is 17.9 Å². The number of ether oxygens (including phenoxy) is 1. The standard InChI is InChI=1S/C26H28N2O3/c1-18(2)20-14-16-23(17-15-20)31-19(3)25(29)27-28-26(30)24(21-10-6-4-7-11-21)22-12-8-5-9-13-22/h4-19,24H,1-3H3,(H,27,29)(H,28,30)/t19-/m0/s1. The van der Waals surface area contributed by atoms with Crippen molar-refractivity contribution in [1.29, 1.82) is 0 Å². The lowest BCUT2D eigenvalue weighted by atomic mass is 9.91. The van der Waals surface area contributed by atoms with E-state index in [1.165, 1.54) is 5.56 Å². The molecule has 0 aliphatic rings. The van der Waals surface area contributed by atoms with Gasteiger partial charge in [0.2, 0.25) is 5.91 Å². The summed E-state index contributed by atoms with van der Waals surface area (Å²) < 4.78 is 5.71. The molecule has 3 rings (SSSR count). The molecule has 0 aliphatic heterocycles. The molecule has 5 heteroatoms. The lowest BCUT2D eigenvalue weighted by molar-refractivity contribution is -0.133. The number of nitrogens with one attached hydrogen (secondary N) is 2. The fourth-order valence-electron chi connectivity index (χ4n) is 3.27. The van der Waals surface area contributed by atoms with Crippen molar-refractivity contribution in [3.8, 4) is 5.75 Å². The van der Waals surface area contributed by atoms with E-state index in [4.69, 9.17) is 4.74 Å². The molecular weight excluding hydrogens is 388 g/mol. The van der Waals surface area contributed by atoms with Crippen LogP contribution in [-0.4, -0.2) is 17.9 Å². The van der Waals surface area contributed by atoms with Crippen LogP contribution in [0.15, 0.2) is 84.9 Å². The third-order valence-electron chi connectivity index (χ3n) is 5.07. The van der Waals surface area contributed by atoms with Crippen LogP contribution in [0.3, 0.4) is 0 Å². The van der Waals surface area contributed by atoms with E-state index in [2.05, 4.69) is 24.7 Å². The van der Waals surface area contributed by atoms with Crippen molar-refractivity contribution in [2.45, 2.75) is 38.7 Å². The zero-order chi connectivity index (χ0) is 22.2. The fourth-order valence-corrected chi connectivity index (χ4v) is 3.27. The van der Waals surface area contributed by atoms with E-state index in [0.717, 1.165) is 11.1 Å². The van der Waals surface area contributed by atoms with E-state index in [-0.39, 0.29) is 5.91 Å². The predicted molar refractivity (Wildman–Crippen MR) is 122 cm³/mol. The minimum atomic E-state index is -0.767. The molecule has 0 heterocycles. The van der Waals surface area contributed by atoms with Gasteiger partial charge in [0.25, 0.3) is 5.91 Å². The van der Waals surface area contributed by atoms with E-state index in [1.54, 1.807) is 6.92 Å². The maximum atomic E-state index is 13.0. The average Bonchev–Trinajstić information content (AvgIpc) is 2.79. The van der Waals surface area contributed by atoms with Gasteiger partial charge in [-0.3, -0.25) is 20.4 Å². The summed E-state index contributed by atoms with van der Waals surface area (Å²) in [7, 11) is 0. The molecule has 3 aromatic carbocycles. The van der Waals surface area contributed by atoms with Crippen molar-refractivity contribution in [2.75, 3.05) is 0 Å². The number of benzene rings is 3. The van der Waals surface area contributed by atoms with E-state index in [9.17, 15) is 9.59 Å². The molecule has 0 aromatic heterocycles. The molecule has 0 saturated carbocycles. The van der Waals surface area contributed by atoms with Crippen LogP contribution in [0, 0.1) is 0 Å². The van der Waals surface area contributed by atoms with Crippen molar-refractivity contribution >= 4 is 11.8 Å². The van der Waals surface area contributed by atoms with Crippen molar-refractivity contribution in [1.82, 2.24) is 10.9 Å². The van der Waals surface area contributed by atoms with Gasteiger partial charge < -0.3 is 4.74 Å². The summed E-state index contributed by atoms with van der Waals surface area (Å²) in [5.74, 6) is -0.264. The van der Waals surface area contributed by atoms with Crippen LogP contribution >= 0.6 is 0 Å². The quantitative estimate of drug-likeness (QED) is 0.555. The number of hydrogen-bond acceptors (Lipinski definition) is 3. The Kier molecular flexibility index (Phi) is 7.44. The summed E-state index contributed by atoms with van der Waals surface area (Å²) in [5.41, 5.74) is 7.92. The highest BCUT2D eigenvalue weighted by Gasteiger charge is 2.24. The zero-order valence-electron chi connectivity index (χ0n) is 18.0. The van der Waals surface area contributed by atoms with Gasteiger partial charge in [0.15, 0.2) is 6.10 Å². The van der Waals surface area contributed by atoms with Crippen LogP contribution in [0.5, 0.6) is 5.75 Å². The Bertz CT molecular complexity index is 947. The zero-order valence-corrected chi connectivity index (χ0v) is 18.0. The predicted octanol–water partition coefficient (Wildman–Crippen LogP) is 4.56. The molecule has 2 N–H and O–H groups in total. The number of amides is 2. The Morgan fingerprint density at radius 3 is 1.61 bits per heavy atom. The number of hydrogen-bond donors (Lipinski definition) is 2. The van der Waals surface area contributed by atoms with Gasteiger partial charge in [0, 0.05) is 0 Å². The van der Waals surface area contributed by atoms with Crippen LogP contribution in [0.1, 0.15) is 49.3 Å². The molecule has 160 valence electrons. The molecule has 0 saturated heterocycles. The Balaban J connectivity index is 1.62. The second kappa shape index (κ2) is 10.4. The highest BCUT2D eigenvalue weighted by molar-refractivity contribution is 5.90. The van der Waals surface area contributed by atoms with Crippen LogP contribution in [0.2, 0.25) is 0 Å². The molecule has 5 nitrogen and oxygen atoms in total. The van der Waals surface area contributed by atoms with Gasteiger partial charge in [0.05, 0.1) is 5.92 Å². The molecule has 0 fully saturated rings. The van der Waals surface area contributed by atoms with Crippen molar-refractivity contribution in [3.05, 3.63) is 102 Å². The molecular formula is C26H28N2O3. The van der Waals surface area contributed by atoms with Gasteiger partial charge in [-0.1, -0.05) is 86.6 Å². The molecule has 0 bridgehead atoms. The van der Waals surface area contributed by atoms with E-state index in [1.807, 2.05) is 84.9 Å². The summed E-state index contributed by atoms with van der Waals surface area (Å²) in [4.78, 5) is 25.4. The second-order valence-corrected chi connectivity index (χ2v) is 7.72. The first-order chi connectivity index (χ1) is 15.0. The maximum absolute atomic E-state index is 13.0. The fraction of sp³-hybridized carbons (Fsp3) is 0.231. The minimum absolute atomic E-state index is 0.320. The van der Waals surface area contributed by atoms with Crippen LogP contribution < -0.4 is 15.6 Å². The minimum Gasteiger partial charge on any atom is -0.481 e. The number of carbonyl (C=O) groups is 2. The molecule has 0 spiro atoms. The van der Waals surface area contributed by atoms with E-state index in [0.29, 0.717) is 11.7 Å². The first-order valence-corrected chi connectivity index (χ1v) is 10.4. The number of carbonyl (C=O) groups excluding carboxylic acids is 2. The van der Waals surface area contributed by atoms with Gasteiger partial charge in [-0.05, 0) is 41.7 Å². The number of hydrazine groups is 1. The molecule has 0 radical (unpaired) electrons. The summed E-state index contributed by atoms with van der Waals surface area (Å²) >= 11 is 0. The van der Waals surface area contributed by atoms with Crippen LogP contribution in [0.4, 0.5) is 0 Å². The Morgan fingerprint density at radius 1 is 0.645 bits per heavy atom. The molecule has 1 atom stereocenters. The Morgan fingerprint density at radius 2 is 1.13 bits per heavy atom. The highest BCUT2D eigenvalue weighted by atomic mass is 16.5. The Hall–Kier alpha value is -3.60. The summed E-state index contributed by atoms with van der Waals surface area (Å²) in [6, 6.07) is 26.6. The monoisotopic (exact) mass is 416 g/mol. The first kappa shape index (κ1) is 22.1. The van der Waals surface area contributed by atoms with Crippen molar-refractivity contribution < 1.29 is 14.3 Å². The number of rotatable bonds is 7. The van der Waals surface area contributed by atoms with Gasteiger partial charge in [-0.25, -0.2) is 0 Å². The molecule has 0 unspecified atom stereocenters. The normalized spacial score (nSPS) is 11.8. The van der Waals surface area contributed by atoms with Gasteiger partial charge in [-0.2, -0.15) is 0 Å². The third kappa shape index (κ3) is 5.95. The van der Waals surface area contributed by atoms with Crippen LogP contribution in [-0.2, 0) is 9.59 Å². The van der Waals surface area contributed by atoms with E-state index >= 15 is 0 Å². The first-order valence-electron chi connectivity index (χ1n) is 10.4. The molecule has 2 amide bonds. The summed E-state index contributed by atoms with van der Waals surface area (Å²) in [6.07, 6.45) is -0.767. The lowest BCUT2D eigenvalue weighted by Crippen LogP contribution is -2.48. The average molecular weight is 417 g/mol. The van der Waals surface area contributed by atoms with Crippen molar-refractivity contribution in [3.63, 3.8) is 0 Å². The van der Waals surface area contributed by atoms with Gasteiger partial charge >= 0.3 is 0 Å². The molecule has 31 heavy (non-hydrogen) atoms. The lowest BCUT2D eigenvalue weighted by Gasteiger charge is -2.20. The SMILES string of the molecule is CC(C)c1ccc(O[C@@H](C)C(=O)NNC(=O)C(c2ccccc2)c2ccccc2)cc1. The van der Waals surface area contributed by atoms with Crippen LogP contribution in [0.25, 0.3) is 0 Å². The second-order valence-electron chi connectivity index (χ2n) is 7.72. The topological polar surface area (TPSA) is 67.4 Å². The van der Waals surface area contributed by atoms with Crippen molar-refractivity contribution in [2.24, 2.45) is 0 Å². The largest absolute Gasteiger partial charge is 0.481 e. The highest BCUT2D eigenvalue weighted by Crippen LogP contribution is 2.24. The van der Waals surface area contributed by atoms with Gasteiger partial charge in [0.1, 0.15) is 5.75 Å². The molecule has 3 aromatic rings. The summed E-state index contributed by atoms with van der Waals surface area (Å²) in [6.45, 7) is 5.88. The summed E-state index contributed by atoms with van der Waals surface area (Å²) in [5, 5.41) is 0. The molecule has 0 aliphatic carbocycles. The smallest absolute Gasteiger partial charge is 0.279 e.